The van der Waals surface area contributed by atoms with Crippen molar-refractivity contribution in [1.29, 1.82) is 0 Å². The molecule has 0 aliphatic carbocycles. The van der Waals surface area contributed by atoms with E-state index in [-0.39, 0.29) is 18.2 Å². The van der Waals surface area contributed by atoms with Crippen LogP contribution in [0.1, 0.15) is 20.8 Å². The summed E-state index contributed by atoms with van der Waals surface area (Å²) in [6.45, 7) is 5.97. The molecule has 0 saturated heterocycles. The Labute approximate surface area is 154 Å². The van der Waals surface area contributed by atoms with Crippen LogP contribution in [-0.4, -0.2) is 30.8 Å². The minimum absolute atomic E-state index is 0.000939. The summed E-state index contributed by atoms with van der Waals surface area (Å²) in [5.41, 5.74) is 8.25. The second kappa shape index (κ2) is 6.92. The van der Waals surface area contributed by atoms with Crippen molar-refractivity contribution < 1.29 is 9.59 Å². The van der Waals surface area contributed by atoms with Crippen molar-refractivity contribution in [2.24, 2.45) is 11.1 Å². The number of rotatable bonds is 3. The number of carbonyl (C=O) groups is 2. The quantitative estimate of drug-likeness (QED) is 0.923. The van der Waals surface area contributed by atoms with Gasteiger partial charge in [0.1, 0.15) is 6.04 Å². The maximum absolute atomic E-state index is 13.0. The van der Waals surface area contributed by atoms with Crippen molar-refractivity contribution in [3.8, 4) is 0 Å². The molecule has 0 bridgehead atoms. The van der Waals surface area contributed by atoms with Gasteiger partial charge >= 0.3 is 0 Å². The van der Waals surface area contributed by atoms with Crippen LogP contribution < -0.4 is 15.5 Å². The molecule has 0 saturated carbocycles. The molecule has 3 rings (SSSR count). The number of nitrogens with two attached hydrogens (primary N) is 1. The third kappa shape index (κ3) is 3.48. The first-order valence-electron chi connectivity index (χ1n) is 8.81. The van der Waals surface area contributed by atoms with E-state index in [1.54, 1.807) is 0 Å². The molecule has 0 aromatic heterocycles. The Morgan fingerprint density at radius 1 is 1.04 bits per heavy atom. The molecular formula is C21H25N3O2. The van der Waals surface area contributed by atoms with Crippen LogP contribution >= 0.6 is 0 Å². The maximum Gasteiger partial charge on any atom is 0.246 e. The number of carbonyl (C=O) groups excluding carboxylic acids is 2. The van der Waals surface area contributed by atoms with Crippen LogP contribution in [0.25, 0.3) is 0 Å². The van der Waals surface area contributed by atoms with Crippen LogP contribution in [0, 0.1) is 5.41 Å². The number of hydrogen-bond acceptors (Lipinski definition) is 4. The molecule has 2 aromatic rings. The van der Waals surface area contributed by atoms with Gasteiger partial charge in [0, 0.05) is 17.6 Å². The van der Waals surface area contributed by atoms with E-state index in [9.17, 15) is 9.59 Å². The van der Waals surface area contributed by atoms with E-state index < -0.39 is 11.5 Å². The molecule has 26 heavy (non-hydrogen) atoms. The first kappa shape index (κ1) is 18.1. The molecule has 1 aliphatic heterocycles. The molecule has 2 N–H and O–H groups in total. The number of anilines is 3. The lowest BCUT2D eigenvalue weighted by Crippen LogP contribution is -2.49. The molecule has 5 heteroatoms. The number of Topliss-reactive ketones (excluding diaryl/α,β-unsaturated/α-hetero) is 1. The molecule has 0 fully saturated rings. The van der Waals surface area contributed by atoms with Crippen LogP contribution in [0.2, 0.25) is 0 Å². The van der Waals surface area contributed by atoms with Gasteiger partial charge in [0.05, 0.1) is 17.9 Å². The average molecular weight is 351 g/mol. The minimum atomic E-state index is -0.713. The Balaban J connectivity index is 2.08. The van der Waals surface area contributed by atoms with Crippen molar-refractivity contribution in [2.45, 2.75) is 26.8 Å². The number of benzene rings is 2. The van der Waals surface area contributed by atoms with Gasteiger partial charge in [-0.1, -0.05) is 51.1 Å². The van der Waals surface area contributed by atoms with Crippen molar-refractivity contribution in [1.82, 2.24) is 0 Å². The molecule has 5 nitrogen and oxygen atoms in total. The van der Waals surface area contributed by atoms with Gasteiger partial charge in [-0.3, -0.25) is 9.59 Å². The van der Waals surface area contributed by atoms with Gasteiger partial charge in [-0.05, 0) is 24.3 Å². The second-order valence-electron chi connectivity index (χ2n) is 7.64. The molecule has 1 aliphatic rings. The number of para-hydroxylation sites is 3. The van der Waals surface area contributed by atoms with Crippen LogP contribution in [0.4, 0.5) is 17.1 Å². The van der Waals surface area contributed by atoms with Gasteiger partial charge in [0.15, 0.2) is 5.78 Å². The van der Waals surface area contributed by atoms with Gasteiger partial charge < -0.3 is 15.5 Å². The molecule has 1 atom stereocenters. The zero-order chi connectivity index (χ0) is 18.9. The molecular weight excluding hydrogens is 326 g/mol. The van der Waals surface area contributed by atoms with E-state index >= 15 is 0 Å². The van der Waals surface area contributed by atoms with E-state index in [0.717, 1.165) is 11.4 Å². The fourth-order valence-electron chi connectivity index (χ4n) is 3.01. The molecule has 0 spiro atoms. The Kier molecular flexibility index (Phi) is 4.83. The van der Waals surface area contributed by atoms with E-state index in [0.29, 0.717) is 12.2 Å². The lowest BCUT2D eigenvalue weighted by atomic mass is 9.90. The molecule has 1 unspecified atom stereocenters. The van der Waals surface area contributed by atoms with E-state index in [2.05, 4.69) is 0 Å². The maximum atomic E-state index is 13.0. The predicted octanol–water partition coefficient (Wildman–Crippen LogP) is 3.11. The summed E-state index contributed by atoms with van der Waals surface area (Å²) in [6.07, 6.45) is 0. The van der Waals surface area contributed by atoms with Crippen LogP contribution in [0.5, 0.6) is 0 Å². The van der Waals surface area contributed by atoms with Gasteiger partial charge in [-0.2, -0.15) is 0 Å². The minimum Gasteiger partial charge on any atom is -0.338 e. The topological polar surface area (TPSA) is 66.6 Å². The fraction of sp³-hybridized carbons (Fsp3) is 0.333. The zero-order valence-electron chi connectivity index (χ0n) is 15.5. The highest BCUT2D eigenvalue weighted by molar-refractivity contribution is 6.06. The van der Waals surface area contributed by atoms with Crippen molar-refractivity contribution in [2.75, 3.05) is 22.9 Å². The largest absolute Gasteiger partial charge is 0.338 e. The zero-order valence-corrected chi connectivity index (χ0v) is 15.5. The summed E-state index contributed by atoms with van der Waals surface area (Å²) in [6, 6.07) is 16.8. The van der Waals surface area contributed by atoms with Gasteiger partial charge in [0.2, 0.25) is 5.91 Å². The fourth-order valence-corrected chi connectivity index (χ4v) is 3.01. The number of fused-ring (bicyclic) bond motifs is 1. The lowest BCUT2D eigenvalue weighted by molar-refractivity contribution is -0.127. The summed E-state index contributed by atoms with van der Waals surface area (Å²) >= 11 is 0. The van der Waals surface area contributed by atoms with Crippen molar-refractivity contribution in [3.63, 3.8) is 0 Å². The highest BCUT2D eigenvalue weighted by Gasteiger charge is 2.35. The van der Waals surface area contributed by atoms with Crippen molar-refractivity contribution in [3.05, 3.63) is 54.6 Å². The summed E-state index contributed by atoms with van der Waals surface area (Å²) in [7, 11) is 0. The number of amides is 1. The highest BCUT2D eigenvalue weighted by atomic mass is 16.2. The third-order valence-electron chi connectivity index (χ3n) is 4.63. The third-order valence-corrected chi connectivity index (χ3v) is 4.63. The summed E-state index contributed by atoms with van der Waals surface area (Å²) in [5.74, 6) is -0.227. The Bertz CT molecular complexity index is 812. The normalized spacial score (nSPS) is 17.7. The first-order chi connectivity index (χ1) is 12.3. The standard InChI is InChI=1S/C21H25N3O2/c1-21(2,3)19(25)14-24-18-12-8-7-11-17(18)23(13-16(22)20(24)26)15-9-5-4-6-10-15/h4-12,16H,13-14,22H2,1-3H3. The van der Waals surface area contributed by atoms with Gasteiger partial charge in [0.25, 0.3) is 0 Å². The Morgan fingerprint density at radius 3 is 2.23 bits per heavy atom. The number of hydrogen-bond donors (Lipinski definition) is 1. The van der Waals surface area contributed by atoms with E-state index in [4.69, 9.17) is 5.73 Å². The summed E-state index contributed by atoms with van der Waals surface area (Å²) in [4.78, 5) is 29.2. The molecule has 0 radical (unpaired) electrons. The Morgan fingerprint density at radius 2 is 1.62 bits per heavy atom. The van der Waals surface area contributed by atoms with Crippen LogP contribution in [-0.2, 0) is 9.59 Å². The number of ketones is 1. The summed E-state index contributed by atoms with van der Waals surface area (Å²) in [5, 5.41) is 0. The number of nitrogens with zero attached hydrogens (tertiary/aromatic N) is 2. The van der Waals surface area contributed by atoms with Crippen molar-refractivity contribution >= 4 is 28.8 Å². The SMILES string of the molecule is CC(C)(C)C(=O)CN1C(=O)C(N)CN(c2ccccc2)c2ccccc21. The monoisotopic (exact) mass is 351 g/mol. The smallest absolute Gasteiger partial charge is 0.246 e. The molecule has 136 valence electrons. The first-order valence-corrected chi connectivity index (χ1v) is 8.81. The molecule has 1 heterocycles. The average Bonchev–Trinajstić information content (AvgIpc) is 2.72. The molecule has 2 aromatic carbocycles. The van der Waals surface area contributed by atoms with E-state index in [1.165, 1.54) is 4.90 Å². The summed E-state index contributed by atoms with van der Waals surface area (Å²) < 4.78 is 0. The van der Waals surface area contributed by atoms with Gasteiger partial charge in [-0.15, -0.1) is 0 Å². The Hall–Kier alpha value is -2.66. The lowest BCUT2D eigenvalue weighted by Gasteiger charge is -2.28. The van der Waals surface area contributed by atoms with Crippen LogP contribution in [0.3, 0.4) is 0 Å². The van der Waals surface area contributed by atoms with Gasteiger partial charge in [-0.25, -0.2) is 0 Å². The van der Waals surface area contributed by atoms with E-state index in [1.807, 2.05) is 80.3 Å². The van der Waals surface area contributed by atoms with Crippen LogP contribution in [0.15, 0.2) is 54.6 Å². The molecule has 1 amide bonds. The highest BCUT2D eigenvalue weighted by Crippen LogP contribution is 2.37. The second-order valence-corrected chi connectivity index (χ2v) is 7.64. The predicted molar refractivity (Wildman–Crippen MR) is 105 cm³/mol.